The highest BCUT2D eigenvalue weighted by Gasteiger charge is 2.32. The predicted octanol–water partition coefficient (Wildman–Crippen LogP) is 4.04. The van der Waals surface area contributed by atoms with Gasteiger partial charge in [0.15, 0.2) is 0 Å². The van der Waals surface area contributed by atoms with Gasteiger partial charge in [0.2, 0.25) is 11.8 Å². The minimum atomic E-state index is -4.43. The molecule has 0 spiro atoms. The standard InChI is InChI=1S/C26H36F3N3O4.ClH/c27-26(28,29)21-7-1-4-19(16-21)5-2-8-22(25(35)36)31-24(34)20-6-3-15-32(17-20)23(33)10-9-18-11-13-30-14-12-18;/h1,4,7,16,18,20,22,30H,2-3,5-6,8-15,17H2,(H,31,34)(H,35,36);1H/t20-,22+;/m1./s1. The Hall–Kier alpha value is -2.33. The number of carboxylic acids is 1. The monoisotopic (exact) mass is 547 g/mol. The van der Waals surface area contributed by atoms with Gasteiger partial charge in [-0.1, -0.05) is 18.2 Å². The normalized spacial score (nSPS) is 19.5. The van der Waals surface area contributed by atoms with Crippen molar-refractivity contribution in [3.63, 3.8) is 0 Å². The number of carbonyl (C=O) groups excluding carboxylic acids is 2. The third-order valence-electron chi connectivity index (χ3n) is 7.20. The van der Waals surface area contributed by atoms with Crippen molar-refractivity contribution in [3.8, 4) is 0 Å². The molecule has 0 aromatic heterocycles. The van der Waals surface area contributed by atoms with Gasteiger partial charge < -0.3 is 20.6 Å². The van der Waals surface area contributed by atoms with Crippen molar-refractivity contribution >= 4 is 30.2 Å². The molecule has 37 heavy (non-hydrogen) atoms. The molecule has 0 bridgehead atoms. The highest BCUT2D eigenvalue weighted by molar-refractivity contribution is 5.86. The second kappa shape index (κ2) is 14.6. The molecule has 2 aliphatic rings. The van der Waals surface area contributed by atoms with Gasteiger partial charge in [0, 0.05) is 19.5 Å². The second-order valence-corrected chi connectivity index (χ2v) is 9.90. The van der Waals surface area contributed by atoms with E-state index >= 15 is 0 Å². The van der Waals surface area contributed by atoms with Gasteiger partial charge in [0.25, 0.3) is 0 Å². The van der Waals surface area contributed by atoms with E-state index < -0.39 is 35.6 Å². The fourth-order valence-electron chi connectivity index (χ4n) is 5.03. The topological polar surface area (TPSA) is 98.7 Å². The minimum Gasteiger partial charge on any atom is -0.480 e. The first kappa shape index (κ1) is 30.9. The third kappa shape index (κ3) is 9.81. The van der Waals surface area contributed by atoms with E-state index in [1.807, 2.05) is 0 Å². The number of carboxylic acid groups (broad SMARTS) is 1. The molecule has 3 rings (SSSR count). The smallest absolute Gasteiger partial charge is 0.416 e. The predicted molar refractivity (Wildman–Crippen MR) is 135 cm³/mol. The summed E-state index contributed by atoms with van der Waals surface area (Å²) in [6.45, 7) is 2.85. The first-order valence-corrected chi connectivity index (χ1v) is 12.8. The molecular formula is C26H37ClF3N3O4. The molecule has 2 amide bonds. The average molecular weight is 548 g/mol. The van der Waals surface area contributed by atoms with Gasteiger partial charge in [0.1, 0.15) is 6.04 Å². The maximum Gasteiger partial charge on any atom is 0.416 e. The van der Waals surface area contributed by atoms with E-state index in [4.69, 9.17) is 0 Å². The summed E-state index contributed by atoms with van der Waals surface area (Å²) < 4.78 is 38.7. The van der Waals surface area contributed by atoms with Gasteiger partial charge in [-0.3, -0.25) is 9.59 Å². The summed E-state index contributed by atoms with van der Waals surface area (Å²) >= 11 is 0. The van der Waals surface area contributed by atoms with Crippen LogP contribution in [-0.4, -0.2) is 60.0 Å². The van der Waals surface area contributed by atoms with Crippen molar-refractivity contribution in [3.05, 3.63) is 35.4 Å². The molecule has 2 heterocycles. The molecule has 3 N–H and O–H groups in total. The zero-order valence-corrected chi connectivity index (χ0v) is 21.7. The summed E-state index contributed by atoms with van der Waals surface area (Å²) in [7, 11) is 0. The molecule has 2 atom stereocenters. The Morgan fingerprint density at radius 2 is 1.89 bits per heavy atom. The van der Waals surface area contributed by atoms with Gasteiger partial charge >= 0.3 is 12.1 Å². The van der Waals surface area contributed by atoms with Crippen molar-refractivity contribution in [1.82, 2.24) is 15.5 Å². The molecular weight excluding hydrogens is 511 g/mol. The number of hydrogen-bond donors (Lipinski definition) is 3. The molecule has 0 aliphatic carbocycles. The zero-order chi connectivity index (χ0) is 26.1. The number of rotatable bonds is 10. The number of hydrogen-bond acceptors (Lipinski definition) is 4. The van der Waals surface area contributed by atoms with Crippen LogP contribution in [0.2, 0.25) is 0 Å². The van der Waals surface area contributed by atoms with Crippen LogP contribution in [-0.2, 0) is 27.0 Å². The number of alkyl halides is 3. The molecule has 2 fully saturated rings. The average Bonchev–Trinajstić information content (AvgIpc) is 2.87. The number of amides is 2. The zero-order valence-electron chi connectivity index (χ0n) is 20.9. The number of nitrogens with one attached hydrogen (secondary N) is 2. The van der Waals surface area contributed by atoms with Crippen molar-refractivity contribution < 1.29 is 32.7 Å². The van der Waals surface area contributed by atoms with E-state index in [0.717, 1.165) is 44.5 Å². The van der Waals surface area contributed by atoms with Crippen LogP contribution < -0.4 is 10.6 Å². The summed E-state index contributed by atoms with van der Waals surface area (Å²) in [5.74, 6) is -1.45. The number of halogens is 4. The summed E-state index contributed by atoms with van der Waals surface area (Å²) in [5.41, 5.74) is -0.276. The first-order valence-electron chi connectivity index (χ1n) is 12.8. The Balaban J connectivity index is 0.00000481. The minimum absolute atomic E-state index is 0. The van der Waals surface area contributed by atoms with Crippen molar-refractivity contribution in [2.45, 2.75) is 70.0 Å². The van der Waals surface area contributed by atoms with Crippen LogP contribution in [0.3, 0.4) is 0 Å². The van der Waals surface area contributed by atoms with Gasteiger partial charge in [0.05, 0.1) is 11.5 Å². The Morgan fingerprint density at radius 3 is 2.57 bits per heavy atom. The number of likely N-dealkylation sites (tertiary alicyclic amines) is 1. The fourth-order valence-corrected chi connectivity index (χ4v) is 5.03. The summed E-state index contributed by atoms with van der Waals surface area (Å²) in [4.78, 5) is 39.0. The number of nitrogens with zero attached hydrogens (tertiary/aromatic N) is 1. The molecule has 1 aromatic carbocycles. The molecule has 208 valence electrons. The van der Waals surface area contributed by atoms with Crippen LogP contribution in [0.5, 0.6) is 0 Å². The maximum atomic E-state index is 12.9. The first-order chi connectivity index (χ1) is 17.1. The SMILES string of the molecule is Cl.O=C(N[C@@H](CCCc1cccc(C(F)(F)F)c1)C(=O)O)[C@@H]1CCCN(C(=O)CCC2CCNCC2)C1. The Kier molecular flexibility index (Phi) is 12.2. The largest absolute Gasteiger partial charge is 0.480 e. The Morgan fingerprint density at radius 1 is 1.16 bits per heavy atom. The second-order valence-electron chi connectivity index (χ2n) is 9.90. The van der Waals surface area contributed by atoms with Crippen LogP contribution in [0.15, 0.2) is 24.3 Å². The van der Waals surface area contributed by atoms with Crippen LogP contribution in [0.1, 0.15) is 62.5 Å². The summed E-state index contributed by atoms with van der Waals surface area (Å²) in [6.07, 6.45) is 0.972. The van der Waals surface area contributed by atoms with Crippen LogP contribution in [0.4, 0.5) is 13.2 Å². The van der Waals surface area contributed by atoms with Gasteiger partial charge in [-0.15, -0.1) is 12.4 Å². The van der Waals surface area contributed by atoms with E-state index in [-0.39, 0.29) is 37.7 Å². The Bertz CT molecular complexity index is 909. The third-order valence-corrected chi connectivity index (χ3v) is 7.20. The van der Waals surface area contributed by atoms with Crippen molar-refractivity contribution in [1.29, 1.82) is 0 Å². The quantitative estimate of drug-likeness (QED) is 0.411. The molecule has 2 aliphatic heterocycles. The highest BCUT2D eigenvalue weighted by Crippen LogP contribution is 2.30. The number of aryl methyl sites for hydroxylation is 1. The van der Waals surface area contributed by atoms with E-state index in [1.165, 1.54) is 6.07 Å². The van der Waals surface area contributed by atoms with Gasteiger partial charge in [-0.25, -0.2) is 4.79 Å². The lowest BCUT2D eigenvalue weighted by molar-refractivity contribution is -0.144. The highest BCUT2D eigenvalue weighted by atomic mass is 35.5. The molecule has 0 unspecified atom stereocenters. The number of aliphatic carboxylic acids is 1. The Labute approximate surface area is 222 Å². The number of piperidine rings is 2. The lowest BCUT2D eigenvalue weighted by Crippen LogP contribution is -2.49. The molecule has 0 radical (unpaired) electrons. The molecule has 2 saturated heterocycles. The van der Waals surface area contributed by atoms with Gasteiger partial charge in [-0.2, -0.15) is 13.2 Å². The molecule has 1 aromatic rings. The van der Waals surface area contributed by atoms with E-state index in [2.05, 4.69) is 10.6 Å². The van der Waals surface area contributed by atoms with E-state index in [1.54, 1.807) is 11.0 Å². The summed E-state index contributed by atoms with van der Waals surface area (Å²) in [6, 6.07) is 3.83. The van der Waals surface area contributed by atoms with Crippen molar-refractivity contribution in [2.75, 3.05) is 26.2 Å². The van der Waals surface area contributed by atoms with Crippen LogP contribution in [0, 0.1) is 11.8 Å². The lowest BCUT2D eigenvalue weighted by Gasteiger charge is -2.33. The molecule has 7 nitrogen and oxygen atoms in total. The fraction of sp³-hybridized carbons (Fsp3) is 0.654. The lowest BCUT2D eigenvalue weighted by atomic mass is 9.92. The number of carbonyl (C=O) groups is 3. The summed E-state index contributed by atoms with van der Waals surface area (Å²) in [5, 5.41) is 15.5. The van der Waals surface area contributed by atoms with Crippen molar-refractivity contribution in [2.24, 2.45) is 11.8 Å². The molecule has 11 heteroatoms. The van der Waals surface area contributed by atoms with E-state index in [9.17, 15) is 32.7 Å². The van der Waals surface area contributed by atoms with Gasteiger partial charge in [-0.05, 0) is 82.0 Å². The van der Waals surface area contributed by atoms with Crippen LogP contribution >= 0.6 is 12.4 Å². The number of benzene rings is 1. The maximum absolute atomic E-state index is 12.9. The van der Waals surface area contributed by atoms with E-state index in [0.29, 0.717) is 43.7 Å². The van der Waals surface area contributed by atoms with Crippen LogP contribution in [0.25, 0.3) is 0 Å². The molecule has 0 saturated carbocycles.